The first-order chi connectivity index (χ1) is 9.90. The monoisotopic (exact) mass is 293 g/mol. The Labute approximate surface area is 124 Å². The fourth-order valence-electron chi connectivity index (χ4n) is 2.45. The molecule has 0 aliphatic heterocycles. The number of rotatable bonds is 5. The van der Waals surface area contributed by atoms with Crippen molar-refractivity contribution in [1.29, 1.82) is 0 Å². The van der Waals surface area contributed by atoms with Gasteiger partial charge in [0.1, 0.15) is 0 Å². The summed E-state index contributed by atoms with van der Waals surface area (Å²) >= 11 is 0. The summed E-state index contributed by atoms with van der Waals surface area (Å²) in [5.74, 6) is 0. The highest BCUT2D eigenvalue weighted by molar-refractivity contribution is 5.52. The number of nitrogens with one attached hydrogen (secondary N) is 1. The van der Waals surface area contributed by atoms with Crippen LogP contribution in [0.3, 0.4) is 0 Å². The van der Waals surface area contributed by atoms with Crippen molar-refractivity contribution in [3.05, 3.63) is 46.8 Å². The van der Waals surface area contributed by atoms with Crippen molar-refractivity contribution in [2.24, 2.45) is 0 Å². The fraction of sp³-hybridized carbons (Fsp3) is 0.438. The molecule has 3 nitrogen and oxygen atoms in total. The number of hydrogen-bond donors (Lipinski definition) is 1. The first-order valence-electron chi connectivity index (χ1n) is 7.06. The summed E-state index contributed by atoms with van der Waals surface area (Å²) in [7, 11) is 0. The SMILES string of the molecule is Cc1nn(C(C)C)c(C)c1NCc1cccc(C(F)F)c1. The van der Waals surface area contributed by atoms with Crippen LogP contribution in [0.15, 0.2) is 24.3 Å². The lowest BCUT2D eigenvalue weighted by atomic mass is 10.1. The van der Waals surface area contributed by atoms with Gasteiger partial charge in [-0.25, -0.2) is 8.78 Å². The fourth-order valence-corrected chi connectivity index (χ4v) is 2.45. The van der Waals surface area contributed by atoms with Crippen molar-refractivity contribution in [1.82, 2.24) is 9.78 Å². The van der Waals surface area contributed by atoms with E-state index in [-0.39, 0.29) is 5.56 Å². The Bertz CT molecular complexity index is 618. The number of alkyl halides is 2. The highest BCUT2D eigenvalue weighted by Gasteiger charge is 2.13. The number of aromatic nitrogens is 2. The molecule has 0 saturated carbocycles. The smallest absolute Gasteiger partial charge is 0.263 e. The number of aryl methyl sites for hydroxylation is 1. The molecule has 2 rings (SSSR count). The number of anilines is 1. The van der Waals surface area contributed by atoms with Crippen molar-refractivity contribution in [3.63, 3.8) is 0 Å². The van der Waals surface area contributed by atoms with Crippen LogP contribution in [-0.4, -0.2) is 9.78 Å². The molecule has 1 N–H and O–H groups in total. The molecule has 0 unspecified atom stereocenters. The normalized spacial score (nSPS) is 11.4. The summed E-state index contributed by atoms with van der Waals surface area (Å²) in [6, 6.07) is 6.78. The van der Waals surface area contributed by atoms with E-state index in [1.807, 2.05) is 24.6 Å². The molecule has 2 aromatic rings. The maximum absolute atomic E-state index is 12.7. The first-order valence-corrected chi connectivity index (χ1v) is 7.06. The summed E-state index contributed by atoms with van der Waals surface area (Å²) in [6.07, 6.45) is -2.43. The molecule has 1 heterocycles. The standard InChI is InChI=1S/C16H21F2N3/c1-10(2)21-12(4)15(11(3)20-21)19-9-13-6-5-7-14(8-13)16(17)18/h5-8,10,16,19H,9H2,1-4H3. The Morgan fingerprint density at radius 2 is 1.95 bits per heavy atom. The van der Waals surface area contributed by atoms with Crippen LogP contribution in [0, 0.1) is 13.8 Å². The largest absolute Gasteiger partial charge is 0.378 e. The Balaban J connectivity index is 2.15. The Morgan fingerprint density at radius 3 is 2.52 bits per heavy atom. The van der Waals surface area contributed by atoms with Gasteiger partial charge in [-0.2, -0.15) is 5.10 Å². The number of benzene rings is 1. The van der Waals surface area contributed by atoms with E-state index in [0.717, 1.165) is 22.6 Å². The van der Waals surface area contributed by atoms with Gasteiger partial charge in [0.05, 0.1) is 17.1 Å². The molecule has 0 radical (unpaired) electrons. The van der Waals surface area contributed by atoms with Gasteiger partial charge in [-0.15, -0.1) is 0 Å². The van der Waals surface area contributed by atoms with Crippen LogP contribution in [0.25, 0.3) is 0 Å². The molecule has 0 atom stereocenters. The van der Waals surface area contributed by atoms with Crippen LogP contribution in [-0.2, 0) is 6.54 Å². The summed E-state index contributed by atoms with van der Waals surface area (Å²) in [6.45, 7) is 8.62. The van der Waals surface area contributed by atoms with E-state index in [2.05, 4.69) is 24.3 Å². The van der Waals surface area contributed by atoms with E-state index in [4.69, 9.17) is 0 Å². The maximum Gasteiger partial charge on any atom is 0.263 e. The van der Waals surface area contributed by atoms with Gasteiger partial charge in [-0.05, 0) is 39.3 Å². The number of halogens is 2. The molecule has 0 aliphatic rings. The molecule has 0 bridgehead atoms. The first kappa shape index (κ1) is 15.5. The second kappa shape index (κ2) is 6.24. The van der Waals surface area contributed by atoms with Crippen molar-refractivity contribution in [2.45, 2.75) is 46.7 Å². The van der Waals surface area contributed by atoms with Gasteiger partial charge >= 0.3 is 0 Å². The minimum Gasteiger partial charge on any atom is -0.378 e. The summed E-state index contributed by atoms with van der Waals surface area (Å²) in [5.41, 5.74) is 3.86. The van der Waals surface area contributed by atoms with Crippen molar-refractivity contribution in [2.75, 3.05) is 5.32 Å². The third-order valence-electron chi connectivity index (χ3n) is 3.49. The minimum absolute atomic E-state index is 0.0561. The van der Waals surface area contributed by atoms with Crippen LogP contribution in [0.5, 0.6) is 0 Å². The van der Waals surface area contributed by atoms with Crippen molar-refractivity contribution in [3.8, 4) is 0 Å². The zero-order chi connectivity index (χ0) is 15.6. The average molecular weight is 293 g/mol. The zero-order valence-electron chi connectivity index (χ0n) is 12.8. The third-order valence-corrected chi connectivity index (χ3v) is 3.49. The lowest BCUT2D eigenvalue weighted by molar-refractivity contribution is 0.151. The van der Waals surface area contributed by atoms with Crippen LogP contribution in [0.2, 0.25) is 0 Å². The minimum atomic E-state index is -2.43. The molecule has 0 saturated heterocycles. The molecule has 1 aromatic carbocycles. The van der Waals surface area contributed by atoms with Crippen LogP contribution in [0.1, 0.15) is 48.8 Å². The Morgan fingerprint density at radius 1 is 1.24 bits per heavy atom. The van der Waals surface area contributed by atoms with Gasteiger partial charge in [-0.1, -0.05) is 18.2 Å². The quantitative estimate of drug-likeness (QED) is 0.871. The maximum atomic E-state index is 12.7. The summed E-state index contributed by atoms with van der Waals surface area (Å²) < 4.78 is 27.4. The van der Waals surface area contributed by atoms with Gasteiger partial charge in [-0.3, -0.25) is 4.68 Å². The van der Waals surface area contributed by atoms with E-state index >= 15 is 0 Å². The van der Waals surface area contributed by atoms with Crippen molar-refractivity contribution >= 4 is 5.69 Å². The lowest BCUT2D eigenvalue weighted by Gasteiger charge is -2.10. The Hall–Kier alpha value is -1.91. The molecule has 21 heavy (non-hydrogen) atoms. The second-order valence-corrected chi connectivity index (χ2v) is 5.48. The second-order valence-electron chi connectivity index (χ2n) is 5.48. The highest BCUT2D eigenvalue weighted by atomic mass is 19.3. The van der Waals surface area contributed by atoms with E-state index in [1.54, 1.807) is 6.07 Å². The molecule has 114 valence electrons. The average Bonchev–Trinajstić information content (AvgIpc) is 2.72. The van der Waals surface area contributed by atoms with E-state index in [0.29, 0.717) is 12.6 Å². The van der Waals surface area contributed by atoms with Crippen LogP contribution >= 0.6 is 0 Å². The number of hydrogen-bond acceptors (Lipinski definition) is 2. The molecule has 5 heteroatoms. The van der Waals surface area contributed by atoms with E-state index < -0.39 is 6.43 Å². The predicted octanol–water partition coefficient (Wildman–Crippen LogP) is 4.63. The van der Waals surface area contributed by atoms with E-state index in [9.17, 15) is 8.78 Å². The Kier molecular flexibility index (Phi) is 4.60. The molecule has 0 aliphatic carbocycles. The third kappa shape index (κ3) is 3.40. The molecule has 0 amide bonds. The van der Waals surface area contributed by atoms with Gasteiger partial charge in [0, 0.05) is 18.2 Å². The highest BCUT2D eigenvalue weighted by Crippen LogP contribution is 2.24. The molecule has 0 spiro atoms. The molecular formula is C16H21F2N3. The van der Waals surface area contributed by atoms with Crippen molar-refractivity contribution < 1.29 is 8.78 Å². The molecule has 1 aromatic heterocycles. The van der Waals surface area contributed by atoms with E-state index in [1.165, 1.54) is 12.1 Å². The summed E-state index contributed by atoms with van der Waals surface area (Å²) in [4.78, 5) is 0. The summed E-state index contributed by atoms with van der Waals surface area (Å²) in [5, 5.41) is 7.81. The van der Waals surface area contributed by atoms with Gasteiger partial charge in [0.2, 0.25) is 0 Å². The number of nitrogens with zero attached hydrogens (tertiary/aromatic N) is 2. The van der Waals surface area contributed by atoms with Crippen LogP contribution < -0.4 is 5.32 Å². The van der Waals surface area contributed by atoms with Crippen LogP contribution in [0.4, 0.5) is 14.5 Å². The van der Waals surface area contributed by atoms with Gasteiger partial charge < -0.3 is 5.32 Å². The molecule has 0 fully saturated rings. The topological polar surface area (TPSA) is 29.9 Å². The predicted molar refractivity (Wildman–Crippen MR) is 80.8 cm³/mol. The van der Waals surface area contributed by atoms with Gasteiger partial charge in [0.15, 0.2) is 0 Å². The lowest BCUT2D eigenvalue weighted by Crippen LogP contribution is -2.06. The molecular weight excluding hydrogens is 272 g/mol. The van der Waals surface area contributed by atoms with Gasteiger partial charge in [0.25, 0.3) is 6.43 Å². The zero-order valence-corrected chi connectivity index (χ0v) is 12.8.